The van der Waals surface area contributed by atoms with Crippen LogP contribution in [-0.2, 0) is 14.8 Å². The summed E-state index contributed by atoms with van der Waals surface area (Å²) in [5.41, 5.74) is 3.29. The SMILES string of the molecule is CC(NC(=O)c1cc(OC(F)(F)F)cc(NS(=O)(=O)c2cc(Br)ccc2O)c1O)C(N)=O. The molecular weight excluding hydrogens is 527 g/mol. The van der Waals surface area contributed by atoms with Gasteiger partial charge in [-0.25, -0.2) is 8.42 Å². The number of alkyl halides is 3. The monoisotopic (exact) mass is 541 g/mol. The Balaban J connectivity index is 2.57. The molecule has 0 spiro atoms. The second kappa shape index (κ2) is 9.12. The van der Waals surface area contributed by atoms with Gasteiger partial charge in [-0.1, -0.05) is 15.9 Å². The average molecular weight is 542 g/mol. The number of primary amides is 1. The van der Waals surface area contributed by atoms with Crippen LogP contribution in [0.15, 0.2) is 39.7 Å². The van der Waals surface area contributed by atoms with Gasteiger partial charge in [-0.15, -0.1) is 13.2 Å². The lowest BCUT2D eigenvalue weighted by Gasteiger charge is -2.17. The highest BCUT2D eigenvalue weighted by atomic mass is 79.9. The number of ether oxygens (including phenoxy) is 1. The van der Waals surface area contributed by atoms with Gasteiger partial charge in [-0.2, -0.15) is 0 Å². The number of halogens is 4. The lowest BCUT2D eigenvalue weighted by Crippen LogP contribution is -2.42. The quantitative estimate of drug-likeness (QED) is 0.334. The van der Waals surface area contributed by atoms with Gasteiger partial charge >= 0.3 is 6.36 Å². The first-order valence-electron chi connectivity index (χ1n) is 8.35. The summed E-state index contributed by atoms with van der Waals surface area (Å²) in [6, 6.07) is 3.04. The predicted molar refractivity (Wildman–Crippen MR) is 108 cm³/mol. The van der Waals surface area contributed by atoms with E-state index in [0.717, 1.165) is 12.1 Å². The molecule has 0 saturated heterocycles. The highest BCUT2D eigenvalue weighted by Gasteiger charge is 2.33. The summed E-state index contributed by atoms with van der Waals surface area (Å²) in [6.07, 6.45) is -5.22. The van der Waals surface area contributed by atoms with E-state index in [4.69, 9.17) is 5.73 Å². The fourth-order valence-electron chi connectivity index (χ4n) is 2.30. The molecule has 174 valence electrons. The fourth-order valence-corrected chi connectivity index (χ4v) is 3.99. The van der Waals surface area contributed by atoms with Crippen molar-refractivity contribution in [2.24, 2.45) is 5.73 Å². The van der Waals surface area contributed by atoms with Crippen molar-refractivity contribution in [3.05, 3.63) is 40.4 Å². The predicted octanol–water partition coefficient (Wildman–Crippen LogP) is 2.16. The van der Waals surface area contributed by atoms with Gasteiger partial charge in [-0.3, -0.25) is 14.3 Å². The fraction of sp³-hybridized carbons (Fsp3) is 0.176. The maximum Gasteiger partial charge on any atom is 0.573 e. The summed E-state index contributed by atoms with van der Waals surface area (Å²) in [6.45, 7) is 1.17. The van der Waals surface area contributed by atoms with Gasteiger partial charge in [0, 0.05) is 10.5 Å². The van der Waals surface area contributed by atoms with Crippen molar-refractivity contribution in [2.75, 3.05) is 4.72 Å². The Bertz CT molecular complexity index is 1170. The number of hydrogen-bond donors (Lipinski definition) is 5. The van der Waals surface area contributed by atoms with E-state index in [9.17, 15) is 41.4 Å². The molecule has 10 nitrogen and oxygen atoms in total. The third-order valence-electron chi connectivity index (χ3n) is 3.79. The molecule has 32 heavy (non-hydrogen) atoms. The molecule has 2 amide bonds. The number of sulfonamides is 1. The van der Waals surface area contributed by atoms with Crippen molar-refractivity contribution in [2.45, 2.75) is 24.2 Å². The van der Waals surface area contributed by atoms with Gasteiger partial charge in [0.1, 0.15) is 22.4 Å². The summed E-state index contributed by atoms with van der Waals surface area (Å²) in [4.78, 5) is 22.8. The van der Waals surface area contributed by atoms with E-state index in [2.05, 4.69) is 20.7 Å². The number of rotatable bonds is 7. The molecule has 6 N–H and O–H groups in total. The Morgan fingerprint density at radius 2 is 1.81 bits per heavy atom. The maximum absolute atomic E-state index is 12.7. The number of carbonyl (C=O) groups is 2. The number of carbonyl (C=O) groups excluding carboxylic acids is 2. The lowest BCUT2D eigenvalue weighted by molar-refractivity contribution is -0.274. The van der Waals surface area contributed by atoms with Crippen LogP contribution in [0.5, 0.6) is 17.2 Å². The van der Waals surface area contributed by atoms with Crippen LogP contribution in [0, 0.1) is 0 Å². The summed E-state index contributed by atoms with van der Waals surface area (Å²) in [5, 5.41) is 22.2. The Morgan fingerprint density at radius 3 is 2.38 bits per heavy atom. The Morgan fingerprint density at radius 1 is 1.19 bits per heavy atom. The first-order valence-corrected chi connectivity index (χ1v) is 10.6. The largest absolute Gasteiger partial charge is 0.573 e. The smallest absolute Gasteiger partial charge is 0.507 e. The van der Waals surface area contributed by atoms with E-state index in [1.54, 1.807) is 4.72 Å². The molecule has 0 aliphatic carbocycles. The van der Waals surface area contributed by atoms with Gasteiger partial charge in [0.15, 0.2) is 5.75 Å². The van der Waals surface area contributed by atoms with Crippen LogP contribution in [0.3, 0.4) is 0 Å². The molecule has 0 fully saturated rings. The van der Waals surface area contributed by atoms with Crippen LogP contribution in [0.2, 0.25) is 0 Å². The number of benzene rings is 2. The van der Waals surface area contributed by atoms with Gasteiger partial charge < -0.3 is 26.0 Å². The van der Waals surface area contributed by atoms with Crippen LogP contribution in [0.4, 0.5) is 18.9 Å². The molecule has 0 aliphatic rings. The lowest BCUT2D eigenvalue weighted by atomic mass is 10.1. The van der Waals surface area contributed by atoms with Crippen molar-refractivity contribution < 1.29 is 46.1 Å². The molecule has 2 aromatic carbocycles. The first-order chi connectivity index (χ1) is 14.6. The van der Waals surface area contributed by atoms with E-state index in [1.807, 2.05) is 5.32 Å². The minimum absolute atomic E-state index is 0.245. The molecule has 0 aromatic heterocycles. The second-order valence-corrected chi connectivity index (χ2v) is 8.80. The number of amides is 2. The van der Waals surface area contributed by atoms with E-state index in [0.29, 0.717) is 12.1 Å². The van der Waals surface area contributed by atoms with Crippen LogP contribution in [-0.4, -0.2) is 42.8 Å². The highest BCUT2D eigenvalue weighted by molar-refractivity contribution is 9.10. The Kier molecular flexibility index (Phi) is 7.14. The third kappa shape index (κ3) is 6.16. The number of nitrogens with two attached hydrogens (primary N) is 1. The molecule has 2 aromatic rings. The second-order valence-electron chi connectivity index (χ2n) is 6.23. The Hall–Kier alpha value is -3.20. The molecule has 0 saturated carbocycles. The van der Waals surface area contributed by atoms with Crippen LogP contribution >= 0.6 is 15.9 Å². The number of phenols is 2. The van der Waals surface area contributed by atoms with Gasteiger partial charge in [0.25, 0.3) is 15.9 Å². The minimum atomic E-state index is -5.22. The molecule has 0 heterocycles. The molecule has 2 rings (SSSR count). The standard InChI is InChI=1S/C17H15BrF3N3O7S/c1-7(15(22)27)23-16(28)10-5-9(31-17(19,20)21)6-11(14(10)26)24-32(29,30)13-4-8(18)2-3-12(13)25/h2-7,24-26H,1H3,(H2,22,27)(H,23,28). The molecule has 0 bridgehead atoms. The normalized spacial score (nSPS) is 12.7. The Labute approximate surface area is 187 Å². The van der Waals surface area contributed by atoms with Crippen LogP contribution in [0.25, 0.3) is 0 Å². The van der Waals surface area contributed by atoms with Crippen molar-refractivity contribution in [1.29, 1.82) is 0 Å². The molecule has 0 aliphatic heterocycles. The van der Waals surface area contributed by atoms with Gasteiger partial charge in [-0.05, 0) is 31.2 Å². The van der Waals surface area contributed by atoms with Crippen LogP contribution < -0.4 is 20.5 Å². The maximum atomic E-state index is 12.7. The average Bonchev–Trinajstić information content (AvgIpc) is 2.64. The van der Waals surface area contributed by atoms with Gasteiger partial charge in [0.05, 0.1) is 11.3 Å². The van der Waals surface area contributed by atoms with Gasteiger partial charge in [0.2, 0.25) is 5.91 Å². The van der Waals surface area contributed by atoms with E-state index < -0.39 is 67.6 Å². The van der Waals surface area contributed by atoms with Crippen LogP contribution in [0.1, 0.15) is 17.3 Å². The van der Waals surface area contributed by atoms with Crippen molar-refractivity contribution in [3.63, 3.8) is 0 Å². The number of hydrogen-bond acceptors (Lipinski definition) is 7. The zero-order chi connectivity index (χ0) is 24.4. The topological polar surface area (TPSA) is 168 Å². The molecule has 0 radical (unpaired) electrons. The molecule has 1 atom stereocenters. The van der Waals surface area contributed by atoms with E-state index in [1.165, 1.54) is 13.0 Å². The zero-order valence-electron chi connectivity index (χ0n) is 15.9. The number of aromatic hydroxyl groups is 2. The molecular formula is C17H15BrF3N3O7S. The summed E-state index contributed by atoms with van der Waals surface area (Å²) < 4.78 is 69.2. The third-order valence-corrected chi connectivity index (χ3v) is 5.68. The summed E-state index contributed by atoms with van der Waals surface area (Å²) in [7, 11) is -4.66. The van der Waals surface area contributed by atoms with Crippen molar-refractivity contribution >= 4 is 43.5 Å². The first kappa shape index (κ1) is 25.1. The highest BCUT2D eigenvalue weighted by Crippen LogP contribution is 2.37. The number of anilines is 1. The molecule has 1 unspecified atom stereocenters. The minimum Gasteiger partial charge on any atom is -0.507 e. The number of nitrogens with one attached hydrogen (secondary N) is 2. The summed E-state index contributed by atoms with van der Waals surface area (Å²) in [5.74, 6) is -5.05. The van der Waals surface area contributed by atoms with Crippen molar-refractivity contribution in [3.8, 4) is 17.2 Å². The van der Waals surface area contributed by atoms with E-state index in [-0.39, 0.29) is 4.47 Å². The molecule has 15 heteroatoms. The zero-order valence-corrected chi connectivity index (χ0v) is 18.3. The number of phenolic OH excluding ortho intramolecular Hbond substituents is 2. The van der Waals surface area contributed by atoms with Crippen molar-refractivity contribution in [1.82, 2.24) is 5.32 Å². The van der Waals surface area contributed by atoms with E-state index >= 15 is 0 Å². The summed E-state index contributed by atoms with van der Waals surface area (Å²) >= 11 is 3.01.